The maximum absolute atomic E-state index is 11.7. The van der Waals surface area contributed by atoms with E-state index in [-0.39, 0.29) is 31.1 Å². The molecule has 0 fully saturated rings. The van der Waals surface area contributed by atoms with Crippen LogP contribution in [-0.4, -0.2) is 55.2 Å². The van der Waals surface area contributed by atoms with Crippen molar-refractivity contribution in [1.29, 1.82) is 0 Å². The van der Waals surface area contributed by atoms with E-state index in [1.807, 2.05) is 0 Å². The monoisotopic (exact) mass is 336 g/mol. The summed E-state index contributed by atoms with van der Waals surface area (Å²) >= 11 is 0. The first-order valence-corrected chi connectivity index (χ1v) is 8.37. The van der Waals surface area contributed by atoms with Gasteiger partial charge in [0, 0.05) is 18.7 Å². The second-order valence-corrected chi connectivity index (χ2v) is 5.71. The van der Waals surface area contributed by atoms with E-state index in [0.29, 0.717) is 13.2 Å². The topological polar surface area (TPSA) is 84.9 Å². The van der Waals surface area contributed by atoms with Crippen LogP contribution in [0.4, 0.5) is 4.79 Å². The van der Waals surface area contributed by atoms with Crippen molar-refractivity contribution in [3.8, 4) is 0 Å². The number of ether oxygens (including phenoxy) is 2. The van der Waals surface area contributed by atoms with Gasteiger partial charge in [-0.25, -0.2) is 4.79 Å². The molecule has 24 heavy (non-hydrogen) atoms. The van der Waals surface area contributed by atoms with E-state index in [1.54, 1.807) is 0 Å². The van der Waals surface area contributed by atoms with Crippen molar-refractivity contribution in [2.24, 2.45) is 0 Å². The van der Waals surface area contributed by atoms with E-state index in [4.69, 9.17) is 9.47 Å². The average Bonchev–Trinajstić information content (AvgIpc) is 2.84. The number of carbonyl (C=O) groups is 3. The summed E-state index contributed by atoms with van der Waals surface area (Å²) in [5.41, 5.74) is 0. The van der Waals surface area contributed by atoms with E-state index in [2.05, 4.69) is 17.5 Å². The Bertz CT molecular complexity index is 497. The number of hydrogen-bond acceptors (Lipinski definition) is 5. The van der Waals surface area contributed by atoms with Crippen LogP contribution in [0.25, 0.3) is 0 Å². The molecule has 7 heteroatoms. The van der Waals surface area contributed by atoms with E-state index in [0.717, 1.165) is 37.0 Å². The lowest BCUT2D eigenvalue weighted by molar-refractivity contribution is -0.137. The number of hydrogen-bond donors (Lipinski definition) is 1. The Kier molecular flexibility index (Phi) is 7.48. The number of amides is 3. The zero-order valence-electron chi connectivity index (χ0n) is 13.7. The summed E-state index contributed by atoms with van der Waals surface area (Å²) in [5.74, 6) is -0.640. The molecule has 0 saturated heterocycles. The van der Waals surface area contributed by atoms with Gasteiger partial charge in [0.2, 0.25) is 0 Å². The smallest absolute Gasteiger partial charge is 0.407 e. The second-order valence-electron chi connectivity index (χ2n) is 5.71. The Labute approximate surface area is 141 Å². The Morgan fingerprint density at radius 2 is 1.88 bits per heavy atom. The molecule has 1 N–H and O–H groups in total. The highest BCUT2D eigenvalue weighted by atomic mass is 16.6. The molecule has 132 valence electrons. The molecule has 3 amide bonds. The molecule has 0 aromatic carbocycles. The van der Waals surface area contributed by atoms with Gasteiger partial charge >= 0.3 is 6.09 Å². The van der Waals surface area contributed by atoms with Crippen molar-refractivity contribution in [2.75, 3.05) is 26.3 Å². The fraction of sp³-hybridized carbons (Fsp3) is 0.588. The number of nitrogens with zero attached hydrogens (tertiary/aromatic N) is 1. The van der Waals surface area contributed by atoms with E-state index >= 15 is 0 Å². The summed E-state index contributed by atoms with van der Waals surface area (Å²) in [6, 6.07) is 0. The quantitative estimate of drug-likeness (QED) is 0.433. The highest BCUT2D eigenvalue weighted by Crippen LogP contribution is 2.15. The van der Waals surface area contributed by atoms with Crippen molar-refractivity contribution in [1.82, 2.24) is 10.2 Å². The molecule has 1 aliphatic carbocycles. The summed E-state index contributed by atoms with van der Waals surface area (Å²) in [4.78, 5) is 35.5. The number of imide groups is 1. The molecule has 0 saturated carbocycles. The number of allylic oxidation sites excluding steroid dienone is 2. The molecular formula is C17H24N2O5. The normalized spacial score (nSPS) is 22.2. The minimum atomic E-state index is -0.428. The summed E-state index contributed by atoms with van der Waals surface area (Å²) in [7, 11) is 0. The van der Waals surface area contributed by atoms with Gasteiger partial charge in [0.05, 0.1) is 19.8 Å². The Morgan fingerprint density at radius 3 is 2.67 bits per heavy atom. The molecular weight excluding hydrogens is 312 g/mol. The Morgan fingerprint density at radius 1 is 1.12 bits per heavy atom. The van der Waals surface area contributed by atoms with Gasteiger partial charge in [0.25, 0.3) is 11.8 Å². The SMILES string of the molecule is O=C(NCCOCCN1C(=O)C=CC1=O)OC1CC/C=C\CCC1. The molecule has 1 aliphatic heterocycles. The first-order chi connectivity index (χ1) is 11.7. The third kappa shape index (κ3) is 6.16. The highest BCUT2D eigenvalue weighted by Gasteiger charge is 2.22. The maximum atomic E-state index is 11.7. The Hall–Kier alpha value is -2.15. The predicted octanol–water partition coefficient (Wildman–Crippen LogP) is 1.54. The fourth-order valence-electron chi connectivity index (χ4n) is 2.57. The predicted molar refractivity (Wildman–Crippen MR) is 87.2 cm³/mol. The van der Waals surface area contributed by atoms with Crippen LogP contribution in [0.3, 0.4) is 0 Å². The van der Waals surface area contributed by atoms with Gasteiger partial charge in [-0.2, -0.15) is 0 Å². The largest absolute Gasteiger partial charge is 0.446 e. The molecule has 0 bridgehead atoms. The van der Waals surface area contributed by atoms with Crippen LogP contribution < -0.4 is 5.32 Å². The number of nitrogens with one attached hydrogen (secondary N) is 1. The van der Waals surface area contributed by atoms with Crippen molar-refractivity contribution in [3.05, 3.63) is 24.3 Å². The zero-order chi connectivity index (χ0) is 17.2. The lowest BCUT2D eigenvalue weighted by Gasteiger charge is -2.18. The highest BCUT2D eigenvalue weighted by molar-refractivity contribution is 6.12. The lowest BCUT2D eigenvalue weighted by atomic mass is 10.0. The first kappa shape index (κ1) is 18.2. The molecule has 0 aromatic heterocycles. The van der Waals surface area contributed by atoms with Crippen molar-refractivity contribution in [2.45, 2.75) is 38.2 Å². The van der Waals surface area contributed by atoms with E-state index < -0.39 is 6.09 Å². The van der Waals surface area contributed by atoms with Crippen LogP contribution in [0.1, 0.15) is 32.1 Å². The van der Waals surface area contributed by atoms with Gasteiger partial charge < -0.3 is 14.8 Å². The van der Waals surface area contributed by atoms with E-state index in [1.165, 1.54) is 12.2 Å². The van der Waals surface area contributed by atoms with Crippen molar-refractivity contribution in [3.63, 3.8) is 0 Å². The number of alkyl carbamates (subject to hydrolysis) is 1. The molecule has 1 heterocycles. The van der Waals surface area contributed by atoms with Gasteiger partial charge in [-0.1, -0.05) is 12.2 Å². The zero-order valence-corrected chi connectivity index (χ0v) is 13.7. The van der Waals surface area contributed by atoms with Gasteiger partial charge in [-0.05, 0) is 32.1 Å². The van der Waals surface area contributed by atoms with Gasteiger partial charge in [-0.3, -0.25) is 14.5 Å². The maximum Gasteiger partial charge on any atom is 0.407 e. The lowest BCUT2D eigenvalue weighted by Crippen LogP contribution is -2.34. The van der Waals surface area contributed by atoms with Crippen LogP contribution in [-0.2, 0) is 19.1 Å². The van der Waals surface area contributed by atoms with Crippen LogP contribution in [0.15, 0.2) is 24.3 Å². The van der Waals surface area contributed by atoms with Crippen molar-refractivity contribution < 1.29 is 23.9 Å². The van der Waals surface area contributed by atoms with Gasteiger partial charge in [0.1, 0.15) is 6.10 Å². The number of carbonyl (C=O) groups excluding carboxylic acids is 3. The molecule has 7 nitrogen and oxygen atoms in total. The third-order valence-corrected chi connectivity index (χ3v) is 3.87. The van der Waals surface area contributed by atoms with Gasteiger partial charge in [0.15, 0.2) is 0 Å². The fourth-order valence-corrected chi connectivity index (χ4v) is 2.57. The molecule has 2 rings (SSSR count). The minimum Gasteiger partial charge on any atom is -0.446 e. The second kappa shape index (κ2) is 9.87. The van der Waals surface area contributed by atoms with E-state index in [9.17, 15) is 14.4 Å². The molecule has 0 spiro atoms. The average molecular weight is 336 g/mol. The van der Waals surface area contributed by atoms with Crippen molar-refractivity contribution >= 4 is 17.9 Å². The number of rotatable bonds is 7. The summed E-state index contributed by atoms with van der Waals surface area (Å²) < 4.78 is 10.7. The first-order valence-electron chi connectivity index (χ1n) is 8.37. The van der Waals surface area contributed by atoms with Gasteiger partial charge in [-0.15, -0.1) is 0 Å². The molecule has 0 radical (unpaired) electrons. The van der Waals surface area contributed by atoms with Crippen LogP contribution in [0.2, 0.25) is 0 Å². The summed E-state index contributed by atoms with van der Waals surface area (Å²) in [6.45, 7) is 1.08. The van der Waals surface area contributed by atoms with Crippen LogP contribution in [0.5, 0.6) is 0 Å². The molecule has 0 aromatic rings. The van der Waals surface area contributed by atoms with Crippen LogP contribution >= 0.6 is 0 Å². The minimum absolute atomic E-state index is 0.0319. The van der Waals surface area contributed by atoms with Crippen LogP contribution in [0, 0.1) is 0 Å². The summed E-state index contributed by atoms with van der Waals surface area (Å²) in [5, 5.41) is 2.65. The standard InChI is InChI=1S/C17H24N2O5/c20-15-8-9-16(21)19(15)11-13-23-12-10-18-17(22)24-14-6-4-2-1-3-5-7-14/h1-2,8-9,14H,3-7,10-13H2,(H,18,22)/b2-1-. The molecule has 1 atom stereocenters. The molecule has 2 aliphatic rings. The Balaban J connectivity index is 1.51. The molecule has 1 unspecified atom stereocenters. The third-order valence-electron chi connectivity index (χ3n) is 3.87. The summed E-state index contributed by atoms with van der Waals surface area (Å²) in [6.07, 6.45) is 11.1.